The number of benzene rings is 2. The minimum absolute atomic E-state index is 0.137. The number of rotatable bonds is 7. The molecule has 1 fully saturated rings. The van der Waals surface area contributed by atoms with Gasteiger partial charge in [-0.3, -0.25) is 9.48 Å². The summed E-state index contributed by atoms with van der Waals surface area (Å²) >= 11 is 0. The van der Waals surface area contributed by atoms with Crippen LogP contribution in [0.1, 0.15) is 36.1 Å². The van der Waals surface area contributed by atoms with Crippen LogP contribution in [0, 0.1) is 0 Å². The molecule has 0 bridgehead atoms. The molecule has 8 nitrogen and oxygen atoms in total. The first-order chi connectivity index (χ1) is 14.8. The van der Waals surface area contributed by atoms with Gasteiger partial charge in [-0.25, -0.2) is 13.6 Å². The summed E-state index contributed by atoms with van der Waals surface area (Å²) in [6.45, 7) is 3.68. The van der Waals surface area contributed by atoms with Gasteiger partial charge < -0.3 is 10.4 Å². The molecule has 1 unspecified atom stereocenters. The lowest BCUT2D eigenvalue weighted by Gasteiger charge is -2.15. The van der Waals surface area contributed by atoms with Gasteiger partial charge in [0, 0.05) is 23.0 Å². The number of nitrogens with two attached hydrogens (primary N) is 1. The zero-order valence-electron chi connectivity index (χ0n) is 16.6. The van der Waals surface area contributed by atoms with E-state index in [1.54, 1.807) is 54.9 Å². The van der Waals surface area contributed by atoms with Gasteiger partial charge in [-0.05, 0) is 36.1 Å². The maximum absolute atomic E-state index is 12.6. The average Bonchev–Trinajstić information content (AvgIpc) is 3.49. The molecule has 4 N–H and O–H groups in total. The molecule has 4 rings (SSSR count). The van der Waals surface area contributed by atoms with Gasteiger partial charge in [-0.1, -0.05) is 43.0 Å². The Morgan fingerprint density at radius 2 is 2.03 bits per heavy atom. The van der Waals surface area contributed by atoms with E-state index in [1.165, 1.54) is 6.07 Å². The van der Waals surface area contributed by atoms with Crippen molar-refractivity contribution in [3.63, 3.8) is 0 Å². The smallest absolute Gasteiger partial charge is 0.257 e. The van der Waals surface area contributed by atoms with Crippen LogP contribution in [0.3, 0.4) is 0 Å². The van der Waals surface area contributed by atoms with E-state index >= 15 is 0 Å². The van der Waals surface area contributed by atoms with Gasteiger partial charge in [0.15, 0.2) is 6.10 Å². The first-order valence-corrected chi connectivity index (χ1v) is 11.2. The number of aliphatic hydroxyl groups excluding tert-OH is 1. The van der Waals surface area contributed by atoms with Crippen molar-refractivity contribution in [3.8, 4) is 11.1 Å². The Hall–Kier alpha value is -3.27. The Balaban J connectivity index is 1.63. The molecule has 1 aliphatic carbocycles. The van der Waals surface area contributed by atoms with Crippen LogP contribution in [0.5, 0.6) is 0 Å². The molecule has 0 aliphatic heterocycles. The quantitative estimate of drug-likeness (QED) is 0.523. The van der Waals surface area contributed by atoms with E-state index in [2.05, 4.69) is 17.0 Å². The number of hydrogen-bond acceptors (Lipinski definition) is 5. The first-order valence-electron chi connectivity index (χ1n) is 9.69. The number of nitrogens with zero attached hydrogens (tertiary/aromatic N) is 2. The van der Waals surface area contributed by atoms with Crippen molar-refractivity contribution in [1.82, 2.24) is 9.78 Å². The molecule has 1 saturated carbocycles. The molecular weight excluding hydrogens is 416 g/mol. The molecule has 1 atom stereocenters. The van der Waals surface area contributed by atoms with E-state index in [9.17, 15) is 18.3 Å². The average molecular weight is 439 g/mol. The number of carbonyl (C=O) groups excluding carboxylic acids is 1. The SMILES string of the molecule is C=Cc1ccccc1C(O)C(=O)Nc1ccc(-c2cnn(C3CC3)c2)c(S(N)(=O)=O)c1. The third-order valence-corrected chi connectivity index (χ3v) is 6.10. The molecular formula is C22H22N4O4S. The van der Waals surface area contributed by atoms with E-state index in [4.69, 9.17) is 5.14 Å². The second-order valence-electron chi connectivity index (χ2n) is 7.42. The van der Waals surface area contributed by atoms with Crippen LogP contribution in [0.4, 0.5) is 5.69 Å². The number of sulfonamides is 1. The van der Waals surface area contributed by atoms with Crippen molar-refractivity contribution in [2.24, 2.45) is 5.14 Å². The molecule has 1 amide bonds. The number of aliphatic hydroxyl groups is 1. The zero-order valence-corrected chi connectivity index (χ0v) is 17.4. The van der Waals surface area contributed by atoms with E-state index in [0.717, 1.165) is 12.8 Å². The highest BCUT2D eigenvalue weighted by molar-refractivity contribution is 7.89. The molecule has 3 aromatic rings. The fourth-order valence-electron chi connectivity index (χ4n) is 3.39. The number of primary sulfonamides is 1. The largest absolute Gasteiger partial charge is 0.378 e. The van der Waals surface area contributed by atoms with Crippen LogP contribution >= 0.6 is 0 Å². The second-order valence-corrected chi connectivity index (χ2v) is 8.95. The maximum atomic E-state index is 12.6. The molecule has 0 radical (unpaired) electrons. The van der Waals surface area contributed by atoms with Gasteiger partial charge in [0.2, 0.25) is 10.0 Å². The highest BCUT2D eigenvalue weighted by atomic mass is 32.2. The standard InChI is InChI=1S/C22H22N4O4S/c1-2-14-5-3-4-6-19(14)21(27)22(28)25-16-7-10-18(20(11-16)31(23,29)30)15-12-24-26(13-15)17-8-9-17/h2-7,10-13,17,21,27H,1,8-9H2,(H,25,28)(H2,23,29,30). The summed E-state index contributed by atoms with van der Waals surface area (Å²) in [5, 5.41) is 22.7. The second kappa shape index (κ2) is 8.10. The minimum atomic E-state index is -4.08. The van der Waals surface area contributed by atoms with Crippen molar-refractivity contribution in [2.75, 3.05) is 5.32 Å². The Bertz CT molecular complexity index is 1260. The fourth-order valence-corrected chi connectivity index (χ4v) is 4.17. The van der Waals surface area contributed by atoms with Gasteiger partial charge in [-0.15, -0.1) is 0 Å². The van der Waals surface area contributed by atoms with E-state index in [-0.39, 0.29) is 10.6 Å². The molecule has 1 aromatic heterocycles. The summed E-state index contributed by atoms with van der Waals surface area (Å²) in [5.41, 5.74) is 2.23. The number of carbonyl (C=O) groups is 1. The van der Waals surface area contributed by atoms with Crippen molar-refractivity contribution in [1.29, 1.82) is 0 Å². The molecule has 1 heterocycles. The van der Waals surface area contributed by atoms with Crippen LogP contribution in [0.2, 0.25) is 0 Å². The van der Waals surface area contributed by atoms with Crippen molar-refractivity contribution in [2.45, 2.75) is 29.9 Å². The first kappa shape index (κ1) is 21.0. The van der Waals surface area contributed by atoms with Crippen molar-refractivity contribution >= 4 is 27.7 Å². The Kier molecular flexibility index (Phi) is 5.48. The van der Waals surface area contributed by atoms with Crippen molar-refractivity contribution < 1.29 is 18.3 Å². The summed E-state index contributed by atoms with van der Waals surface area (Å²) < 4.78 is 26.3. The van der Waals surface area contributed by atoms with Gasteiger partial charge in [0.1, 0.15) is 0 Å². The fraction of sp³-hybridized carbons (Fsp3) is 0.182. The number of nitrogens with one attached hydrogen (secondary N) is 1. The molecule has 0 saturated heterocycles. The van der Waals surface area contributed by atoms with Gasteiger partial charge in [0.25, 0.3) is 5.91 Å². The predicted molar refractivity (Wildman–Crippen MR) is 117 cm³/mol. The molecule has 9 heteroatoms. The van der Waals surface area contributed by atoms with E-state index < -0.39 is 22.0 Å². The van der Waals surface area contributed by atoms with Gasteiger partial charge in [-0.2, -0.15) is 5.10 Å². The summed E-state index contributed by atoms with van der Waals surface area (Å²) in [7, 11) is -4.08. The lowest BCUT2D eigenvalue weighted by Crippen LogP contribution is -2.22. The highest BCUT2D eigenvalue weighted by Crippen LogP contribution is 2.36. The molecule has 160 valence electrons. The third-order valence-electron chi connectivity index (χ3n) is 5.15. The van der Waals surface area contributed by atoms with Gasteiger partial charge >= 0.3 is 0 Å². The monoisotopic (exact) mass is 438 g/mol. The van der Waals surface area contributed by atoms with Crippen LogP contribution < -0.4 is 10.5 Å². The molecule has 2 aromatic carbocycles. The van der Waals surface area contributed by atoms with Gasteiger partial charge in [0.05, 0.1) is 17.1 Å². The topological polar surface area (TPSA) is 127 Å². The summed E-state index contributed by atoms with van der Waals surface area (Å²) in [6.07, 6.45) is 5.56. The number of amides is 1. The maximum Gasteiger partial charge on any atom is 0.257 e. The van der Waals surface area contributed by atoms with Crippen LogP contribution in [-0.2, 0) is 14.8 Å². The van der Waals surface area contributed by atoms with Crippen LogP contribution in [0.25, 0.3) is 17.2 Å². The Morgan fingerprint density at radius 1 is 1.29 bits per heavy atom. The number of aromatic nitrogens is 2. The minimum Gasteiger partial charge on any atom is -0.378 e. The van der Waals surface area contributed by atoms with E-state index in [1.807, 2.05) is 4.68 Å². The van der Waals surface area contributed by atoms with Crippen molar-refractivity contribution in [3.05, 3.63) is 72.6 Å². The zero-order chi connectivity index (χ0) is 22.2. The Labute approximate surface area is 180 Å². The number of anilines is 1. The molecule has 1 aliphatic rings. The normalized spacial score (nSPS) is 14.8. The summed E-state index contributed by atoms with van der Waals surface area (Å²) in [4.78, 5) is 12.5. The van der Waals surface area contributed by atoms with E-state index in [0.29, 0.717) is 28.3 Å². The lowest BCUT2D eigenvalue weighted by atomic mass is 10.0. The molecule has 0 spiro atoms. The third kappa shape index (κ3) is 4.43. The van der Waals surface area contributed by atoms with Crippen LogP contribution in [0.15, 0.2) is 66.3 Å². The predicted octanol–water partition coefficient (Wildman–Crippen LogP) is 2.85. The highest BCUT2D eigenvalue weighted by Gasteiger charge is 2.26. The lowest BCUT2D eigenvalue weighted by molar-refractivity contribution is -0.124. The summed E-state index contributed by atoms with van der Waals surface area (Å²) in [6, 6.07) is 11.6. The number of hydrogen-bond donors (Lipinski definition) is 3. The molecule has 31 heavy (non-hydrogen) atoms. The summed E-state index contributed by atoms with van der Waals surface area (Å²) in [5.74, 6) is -0.705. The Morgan fingerprint density at radius 3 is 2.71 bits per heavy atom. The van der Waals surface area contributed by atoms with Crippen LogP contribution in [-0.4, -0.2) is 29.2 Å².